The number of anilines is 1. The summed E-state index contributed by atoms with van der Waals surface area (Å²) in [5.74, 6) is -3.48. The predicted octanol–water partition coefficient (Wildman–Crippen LogP) is 4.45. The van der Waals surface area contributed by atoms with Crippen molar-refractivity contribution in [3.8, 4) is 17.2 Å². The molecule has 0 bridgehead atoms. The molecule has 0 fully saturated rings. The van der Waals surface area contributed by atoms with Crippen LogP contribution in [0.3, 0.4) is 0 Å². The zero-order chi connectivity index (χ0) is 28.1. The van der Waals surface area contributed by atoms with E-state index in [1.807, 2.05) is 6.92 Å². The van der Waals surface area contributed by atoms with Gasteiger partial charge in [0.1, 0.15) is 12.0 Å². The molecule has 10 heteroatoms. The molecule has 1 heterocycles. The number of allylic oxidation sites excluding steroid dienone is 4. The van der Waals surface area contributed by atoms with Crippen LogP contribution in [0.15, 0.2) is 67.3 Å². The van der Waals surface area contributed by atoms with E-state index in [0.29, 0.717) is 24.0 Å². The number of aromatic hydroxyl groups is 3. The molecule has 0 spiro atoms. The molecule has 4 rings (SSSR count). The number of rotatable bonds is 4. The largest absolute Gasteiger partial charge is 0.503 e. The molecule has 1 aliphatic rings. The molecule has 200 valence electrons. The van der Waals surface area contributed by atoms with Crippen molar-refractivity contribution in [1.82, 2.24) is 0 Å². The van der Waals surface area contributed by atoms with Crippen LogP contribution in [-0.2, 0) is 12.8 Å². The summed E-state index contributed by atoms with van der Waals surface area (Å²) in [5.41, 5.74) is 0.751. The average Bonchev–Trinajstić information content (AvgIpc) is 3.44. The van der Waals surface area contributed by atoms with Gasteiger partial charge in [-0.15, -0.1) is 0 Å². The highest BCUT2D eigenvalue weighted by Crippen LogP contribution is 2.21. The van der Waals surface area contributed by atoms with Crippen molar-refractivity contribution in [2.75, 3.05) is 12.4 Å². The van der Waals surface area contributed by atoms with Gasteiger partial charge < -0.3 is 25.1 Å². The highest BCUT2D eigenvalue weighted by atomic mass is 19.1. The van der Waals surface area contributed by atoms with Gasteiger partial charge in [-0.2, -0.15) is 0 Å². The van der Waals surface area contributed by atoms with Crippen LogP contribution in [0.5, 0.6) is 17.2 Å². The smallest absolute Gasteiger partial charge is 0.271 e. The van der Waals surface area contributed by atoms with E-state index in [9.17, 15) is 23.2 Å². The third-order valence-electron chi connectivity index (χ3n) is 5.17. The van der Waals surface area contributed by atoms with Gasteiger partial charge in [0, 0.05) is 12.6 Å². The topological polar surface area (TPSA) is 137 Å². The average molecular weight is 520 g/mol. The summed E-state index contributed by atoms with van der Waals surface area (Å²) in [7, 11) is 1.47. The Kier molecular flexibility index (Phi) is 12.5. The highest BCUT2D eigenvalue weighted by Gasteiger charge is 2.17. The lowest BCUT2D eigenvalue weighted by Gasteiger charge is -2.01. The van der Waals surface area contributed by atoms with Crippen molar-refractivity contribution in [3.05, 3.63) is 102 Å². The second-order valence-corrected chi connectivity index (χ2v) is 7.63. The summed E-state index contributed by atoms with van der Waals surface area (Å²) in [5, 5.41) is 28.5. The maximum atomic E-state index is 12.5. The van der Waals surface area contributed by atoms with Gasteiger partial charge in [-0.05, 0) is 43.4 Å². The molecule has 0 saturated heterocycles. The number of hydrogen-bond donors (Lipinski definition) is 4. The Labute approximate surface area is 212 Å². The van der Waals surface area contributed by atoms with E-state index in [2.05, 4.69) is 34.9 Å². The lowest BCUT2D eigenvalue weighted by atomic mass is 10.1. The van der Waals surface area contributed by atoms with Crippen LogP contribution in [0, 0.1) is 11.6 Å². The van der Waals surface area contributed by atoms with Gasteiger partial charge >= 0.3 is 0 Å². The molecule has 4 N–H and O–H groups in total. The number of aryl methyl sites for hydroxylation is 2. The van der Waals surface area contributed by atoms with Gasteiger partial charge in [0.15, 0.2) is 28.9 Å². The Hall–Kier alpha value is -4.21. The molecular formula is C27H31F2NO7. The summed E-state index contributed by atoms with van der Waals surface area (Å²) in [6.45, 7) is 5.79. The van der Waals surface area contributed by atoms with Crippen molar-refractivity contribution >= 4 is 5.69 Å². The second-order valence-electron chi connectivity index (χ2n) is 7.63. The van der Waals surface area contributed by atoms with Gasteiger partial charge in [-0.1, -0.05) is 44.6 Å². The first-order chi connectivity index (χ1) is 17.5. The van der Waals surface area contributed by atoms with E-state index < -0.39 is 34.0 Å². The molecule has 0 atom stereocenters. The van der Waals surface area contributed by atoms with E-state index in [1.54, 1.807) is 6.92 Å². The van der Waals surface area contributed by atoms with Gasteiger partial charge in [-0.3, -0.25) is 14.4 Å². The van der Waals surface area contributed by atoms with Gasteiger partial charge in [0.2, 0.25) is 5.43 Å². The van der Waals surface area contributed by atoms with Gasteiger partial charge in [0.25, 0.3) is 10.9 Å². The summed E-state index contributed by atoms with van der Waals surface area (Å²) in [6.07, 6.45) is 12.5. The quantitative estimate of drug-likeness (QED) is 0.371. The van der Waals surface area contributed by atoms with E-state index in [4.69, 9.17) is 15.3 Å². The minimum absolute atomic E-state index is 0.0139. The molecule has 1 aromatic heterocycles. The van der Waals surface area contributed by atoms with Crippen LogP contribution in [0.4, 0.5) is 14.5 Å². The zero-order valence-electron chi connectivity index (χ0n) is 21.1. The molecule has 0 radical (unpaired) electrons. The number of phenols is 1. The highest BCUT2D eigenvalue weighted by molar-refractivity contribution is 5.60. The Morgan fingerprint density at radius 2 is 1.49 bits per heavy atom. The van der Waals surface area contributed by atoms with Crippen LogP contribution in [0.2, 0.25) is 0 Å². The predicted molar refractivity (Wildman–Crippen MR) is 138 cm³/mol. The summed E-state index contributed by atoms with van der Waals surface area (Å²) >= 11 is 0. The van der Waals surface area contributed by atoms with E-state index in [1.165, 1.54) is 25.3 Å². The van der Waals surface area contributed by atoms with Gasteiger partial charge in [-0.25, -0.2) is 8.78 Å². The number of phenolic OH excluding ortho intramolecular Hbond substituents is 1. The summed E-state index contributed by atoms with van der Waals surface area (Å²) in [6, 6.07) is 2.25. The molecule has 0 aliphatic heterocycles. The third kappa shape index (κ3) is 8.75. The minimum Gasteiger partial charge on any atom is -0.503 e. The van der Waals surface area contributed by atoms with Crippen molar-refractivity contribution in [2.24, 2.45) is 0 Å². The lowest BCUT2D eigenvalue weighted by molar-refractivity contribution is 0.395. The maximum absolute atomic E-state index is 12.5. The Morgan fingerprint density at radius 3 is 1.84 bits per heavy atom. The fourth-order valence-corrected chi connectivity index (χ4v) is 2.90. The first-order valence-electron chi connectivity index (χ1n) is 11.5. The number of hydrogen-bond acceptors (Lipinski definition) is 8. The molecule has 8 nitrogen and oxygen atoms in total. The first kappa shape index (κ1) is 30.8. The zero-order valence-corrected chi connectivity index (χ0v) is 21.1. The first-order valence-corrected chi connectivity index (χ1v) is 11.5. The molecular weight excluding hydrogens is 488 g/mol. The maximum Gasteiger partial charge on any atom is 0.271 e. The van der Waals surface area contributed by atoms with Crippen molar-refractivity contribution in [2.45, 2.75) is 46.5 Å². The number of benzene rings is 1. The van der Waals surface area contributed by atoms with Crippen molar-refractivity contribution < 1.29 is 28.5 Å². The molecule has 1 aliphatic carbocycles. The molecule has 0 amide bonds. The monoisotopic (exact) mass is 519 g/mol. The third-order valence-corrected chi connectivity index (χ3v) is 5.17. The van der Waals surface area contributed by atoms with E-state index >= 15 is 0 Å². The van der Waals surface area contributed by atoms with Crippen LogP contribution in [-0.4, -0.2) is 22.4 Å². The Bertz CT molecular complexity index is 1340. The van der Waals surface area contributed by atoms with E-state index in [-0.39, 0.29) is 16.9 Å². The second kappa shape index (κ2) is 15.0. The SMILES string of the molecule is CCC1=CCC=C1.CCc1cc(F)c(O)c(F)c1.CCc1cocc(O)c1=O.CNc1c(O)c(=O)c1=O. The fraction of sp³-hybridized carbons (Fsp3) is 0.296. The van der Waals surface area contributed by atoms with E-state index in [0.717, 1.165) is 24.8 Å². The summed E-state index contributed by atoms with van der Waals surface area (Å²) in [4.78, 5) is 31.5. The van der Waals surface area contributed by atoms with Crippen molar-refractivity contribution in [3.63, 3.8) is 0 Å². The van der Waals surface area contributed by atoms with Crippen molar-refractivity contribution in [1.29, 1.82) is 0 Å². The minimum atomic E-state index is -0.901. The summed E-state index contributed by atoms with van der Waals surface area (Å²) < 4.78 is 29.7. The van der Waals surface area contributed by atoms with Crippen LogP contribution < -0.4 is 21.6 Å². The fourth-order valence-electron chi connectivity index (χ4n) is 2.90. The molecule has 37 heavy (non-hydrogen) atoms. The molecule has 0 saturated carbocycles. The van der Waals surface area contributed by atoms with Crippen LogP contribution in [0.25, 0.3) is 0 Å². The standard InChI is InChI=1S/C8H8F2O.C7H8O3.C7H10.C5H5NO3/c1-2-5-3-6(9)8(11)7(10)4-5;1-2-5-3-10-4-6(8)7(5)9;1-2-7-5-3-4-6-7;1-6-2-3(7)5(9)4(2)8/h3-4,11H,2H2,1H3;3-4,8H,2H2,1H3;3,5-6H,2,4H2,1H3;6-7H,1H3. The molecule has 2 aromatic carbocycles. The number of halogens is 2. The van der Waals surface area contributed by atoms with Crippen LogP contribution >= 0.6 is 0 Å². The van der Waals surface area contributed by atoms with Gasteiger partial charge in [0.05, 0.1) is 6.26 Å². The lowest BCUT2D eigenvalue weighted by Crippen LogP contribution is -2.32. The normalized spacial score (nSPS) is 11.4. The molecule has 3 aromatic rings. The van der Waals surface area contributed by atoms with Crippen LogP contribution in [0.1, 0.15) is 44.7 Å². The molecule has 0 unspecified atom stereocenters. The Balaban J connectivity index is 0.000000249. The Morgan fingerprint density at radius 1 is 0.865 bits per heavy atom. The number of nitrogens with one attached hydrogen (secondary N) is 1.